The largest absolute Gasteiger partial charge is 0.480 e. The number of carboxylic acid groups (broad SMARTS) is 1. The summed E-state index contributed by atoms with van der Waals surface area (Å²) in [4.78, 5) is 23.0. The summed E-state index contributed by atoms with van der Waals surface area (Å²) in [6.45, 7) is 2.82. The van der Waals surface area contributed by atoms with Gasteiger partial charge >= 0.3 is 12.1 Å². The summed E-state index contributed by atoms with van der Waals surface area (Å²) < 4.78 is 37.9. The molecule has 0 aromatic carbocycles. The number of rotatable bonds is 5. The number of nitrogens with two attached hydrogens (primary N) is 1. The molecular weight excluding hydrogens is 253 g/mol. The summed E-state index contributed by atoms with van der Waals surface area (Å²) >= 11 is 0. The molecule has 0 aliphatic rings. The molecule has 0 aliphatic heterocycles. The van der Waals surface area contributed by atoms with E-state index < -0.39 is 36.2 Å². The zero-order chi connectivity index (χ0) is 14.7. The van der Waals surface area contributed by atoms with Crippen LogP contribution in [0.15, 0.2) is 0 Å². The van der Waals surface area contributed by atoms with Crippen LogP contribution in [0.1, 0.15) is 27.2 Å². The lowest BCUT2D eigenvalue weighted by molar-refractivity contribution is -0.195. The Morgan fingerprint density at radius 3 is 2.11 bits per heavy atom. The zero-order valence-electron chi connectivity index (χ0n) is 10.4. The molecule has 0 aromatic heterocycles. The molecule has 0 spiro atoms. The minimum atomic E-state index is -4.94. The average Bonchev–Trinajstić information content (AvgIpc) is 2.21. The number of carboxylic acids is 1. The fourth-order valence-corrected chi connectivity index (χ4v) is 1.21. The van der Waals surface area contributed by atoms with Gasteiger partial charge in [0.15, 0.2) is 5.54 Å². The molecule has 0 saturated carbocycles. The number of aliphatic carboxylic acids is 1. The van der Waals surface area contributed by atoms with Gasteiger partial charge in [0, 0.05) is 6.04 Å². The van der Waals surface area contributed by atoms with Crippen LogP contribution in [0.25, 0.3) is 0 Å². The van der Waals surface area contributed by atoms with E-state index in [1.807, 2.05) is 0 Å². The van der Waals surface area contributed by atoms with Crippen LogP contribution in [0.5, 0.6) is 0 Å². The predicted octanol–water partition coefficient (Wildman–Crippen LogP) is 0.978. The van der Waals surface area contributed by atoms with E-state index in [9.17, 15) is 22.8 Å². The van der Waals surface area contributed by atoms with Crippen molar-refractivity contribution in [2.24, 2.45) is 5.73 Å². The average molecular weight is 270 g/mol. The van der Waals surface area contributed by atoms with Crippen LogP contribution in [0, 0.1) is 0 Å². The number of nitrogens with zero attached hydrogens (tertiary/aromatic N) is 1. The number of amides is 1. The van der Waals surface area contributed by atoms with Crippen molar-refractivity contribution in [2.75, 3.05) is 6.54 Å². The van der Waals surface area contributed by atoms with Crippen molar-refractivity contribution in [2.45, 2.75) is 44.9 Å². The Balaban J connectivity index is 5.25. The first-order chi connectivity index (χ1) is 7.95. The van der Waals surface area contributed by atoms with Gasteiger partial charge in [0.25, 0.3) is 5.91 Å². The quantitative estimate of drug-likeness (QED) is 0.780. The van der Waals surface area contributed by atoms with Crippen LogP contribution >= 0.6 is 0 Å². The van der Waals surface area contributed by atoms with Gasteiger partial charge < -0.3 is 15.7 Å². The van der Waals surface area contributed by atoms with Gasteiger partial charge in [-0.25, -0.2) is 0 Å². The number of hydrogen-bond acceptors (Lipinski definition) is 3. The van der Waals surface area contributed by atoms with Crippen molar-refractivity contribution in [3.8, 4) is 0 Å². The highest BCUT2D eigenvalue weighted by Gasteiger charge is 2.55. The molecule has 2 unspecified atom stereocenters. The molecule has 18 heavy (non-hydrogen) atoms. The molecule has 0 fully saturated rings. The number of carbonyl (C=O) groups is 2. The smallest absolute Gasteiger partial charge is 0.415 e. The number of halogens is 3. The molecule has 0 aliphatic carbocycles. The second-order valence-electron chi connectivity index (χ2n) is 4.28. The molecule has 3 N–H and O–H groups in total. The van der Waals surface area contributed by atoms with E-state index in [4.69, 9.17) is 10.8 Å². The Hall–Kier alpha value is -1.31. The van der Waals surface area contributed by atoms with Crippen molar-refractivity contribution < 1.29 is 27.9 Å². The topological polar surface area (TPSA) is 83.6 Å². The Labute approximate surface area is 103 Å². The maximum absolute atomic E-state index is 12.6. The number of hydrogen-bond donors (Lipinski definition) is 2. The molecule has 0 rings (SSSR count). The van der Waals surface area contributed by atoms with Gasteiger partial charge in [-0.1, -0.05) is 6.92 Å². The summed E-state index contributed by atoms with van der Waals surface area (Å²) in [5, 5.41) is 8.63. The van der Waals surface area contributed by atoms with Gasteiger partial charge in [0.2, 0.25) is 0 Å². The molecule has 106 valence electrons. The third-order valence-corrected chi connectivity index (χ3v) is 2.72. The van der Waals surface area contributed by atoms with Crippen LogP contribution in [0.4, 0.5) is 13.2 Å². The maximum Gasteiger partial charge on any atom is 0.415 e. The molecular formula is C10H17F3N2O3. The Kier molecular flexibility index (Phi) is 5.15. The van der Waals surface area contributed by atoms with Crippen molar-refractivity contribution >= 4 is 11.9 Å². The van der Waals surface area contributed by atoms with Crippen LogP contribution in [-0.2, 0) is 9.59 Å². The lowest BCUT2D eigenvalue weighted by atomic mass is 9.99. The van der Waals surface area contributed by atoms with E-state index in [-0.39, 0.29) is 0 Å². The highest BCUT2D eigenvalue weighted by molar-refractivity contribution is 5.89. The normalized spacial score (nSPS) is 16.8. The standard InChI is InChI=1S/C10H17F3N2O3/c1-4-6(2)15(5-7(16)17)8(18)9(3,14)10(11,12)13/h6H,4-5,14H2,1-3H3,(H,16,17). The molecule has 0 saturated heterocycles. The van der Waals surface area contributed by atoms with Crippen LogP contribution in [0.3, 0.4) is 0 Å². The van der Waals surface area contributed by atoms with E-state index >= 15 is 0 Å². The minimum Gasteiger partial charge on any atom is -0.480 e. The van der Waals surface area contributed by atoms with Gasteiger partial charge in [0.1, 0.15) is 6.54 Å². The summed E-state index contributed by atoms with van der Waals surface area (Å²) in [6.07, 6.45) is -4.61. The van der Waals surface area contributed by atoms with E-state index in [2.05, 4.69) is 0 Å². The first-order valence-corrected chi connectivity index (χ1v) is 5.33. The molecule has 0 bridgehead atoms. The summed E-state index contributed by atoms with van der Waals surface area (Å²) in [5.41, 5.74) is 1.91. The lowest BCUT2D eigenvalue weighted by Gasteiger charge is -2.35. The second-order valence-corrected chi connectivity index (χ2v) is 4.28. The molecule has 5 nitrogen and oxygen atoms in total. The third kappa shape index (κ3) is 3.59. The van der Waals surface area contributed by atoms with Crippen molar-refractivity contribution in [1.29, 1.82) is 0 Å². The molecule has 8 heteroatoms. The Morgan fingerprint density at radius 2 is 1.83 bits per heavy atom. The van der Waals surface area contributed by atoms with E-state index in [1.165, 1.54) is 6.92 Å². The van der Waals surface area contributed by atoms with E-state index in [1.54, 1.807) is 6.92 Å². The maximum atomic E-state index is 12.6. The first kappa shape index (κ1) is 16.7. The Morgan fingerprint density at radius 1 is 1.39 bits per heavy atom. The zero-order valence-corrected chi connectivity index (χ0v) is 10.4. The fraction of sp³-hybridized carbons (Fsp3) is 0.800. The third-order valence-electron chi connectivity index (χ3n) is 2.72. The lowest BCUT2D eigenvalue weighted by Crippen LogP contribution is -2.64. The molecule has 0 radical (unpaired) electrons. The van der Waals surface area contributed by atoms with Gasteiger partial charge in [-0.2, -0.15) is 13.2 Å². The number of carbonyl (C=O) groups excluding carboxylic acids is 1. The van der Waals surface area contributed by atoms with Crippen LogP contribution in [-0.4, -0.2) is 46.2 Å². The van der Waals surface area contributed by atoms with Crippen molar-refractivity contribution in [3.05, 3.63) is 0 Å². The van der Waals surface area contributed by atoms with Gasteiger partial charge in [-0.3, -0.25) is 9.59 Å². The molecule has 0 aromatic rings. The van der Waals surface area contributed by atoms with Crippen LogP contribution < -0.4 is 5.73 Å². The van der Waals surface area contributed by atoms with Gasteiger partial charge in [-0.15, -0.1) is 0 Å². The molecule has 1 amide bonds. The van der Waals surface area contributed by atoms with E-state index in [0.29, 0.717) is 18.2 Å². The summed E-state index contributed by atoms with van der Waals surface area (Å²) in [7, 11) is 0. The van der Waals surface area contributed by atoms with Gasteiger partial charge in [0.05, 0.1) is 0 Å². The first-order valence-electron chi connectivity index (χ1n) is 5.33. The fourth-order valence-electron chi connectivity index (χ4n) is 1.21. The highest BCUT2D eigenvalue weighted by Crippen LogP contribution is 2.30. The Bertz CT molecular complexity index is 329. The van der Waals surface area contributed by atoms with Gasteiger partial charge in [-0.05, 0) is 20.3 Å². The number of alkyl halides is 3. The predicted molar refractivity (Wildman–Crippen MR) is 57.7 cm³/mol. The van der Waals surface area contributed by atoms with E-state index in [0.717, 1.165) is 0 Å². The van der Waals surface area contributed by atoms with Crippen molar-refractivity contribution in [1.82, 2.24) is 4.90 Å². The minimum absolute atomic E-state index is 0.326. The van der Waals surface area contributed by atoms with Crippen molar-refractivity contribution in [3.63, 3.8) is 0 Å². The summed E-state index contributed by atoms with van der Waals surface area (Å²) in [6, 6.07) is -0.640. The molecule has 2 atom stereocenters. The molecule has 0 heterocycles. The SMILES string of the molecule is CCC(C)N(CC(=O)O)C(=O)C(C)(N)C(F)(F)F. The second kappa shape index (κ2) is 5.55. The monoisotopic (exact) mass is 270 g/mol. The highest BCUT2D eigenvalue weighted by atomic mass is 19.4. The van der Waals surface area contributed by atoms with Crippen LogP contribution in [0.2, 0.25) is 0 Å². The summed E-state index contributed by atoms with van der Waals surface area (Å²) in [5.74, 6) is -2.83.